The van der Waals surface area contributed by atoms with Crippen molar-refractivity contribution >= 4 is 23.1 Å². The van der Waals surface area contributed by atoms with Crippen molar-refractivity contribution in [1.82, 2.24) is 5.32 Å². The zero-order valence-electron chi connectivity index (χ0n) is 10.1. The molecule has 0 radical (unpaired) electrons. The van der Waals surface area contributed by atoms with Crippen LogP contribution in [0.3, 0.4) is 0 Å². The van der Waals surface area contributed by atoms with Gasteiger partial charge in [0, 0.05) is 6.07 Å². The van der Waals surface area contributed by atoms with Crippen molar-refractivity contribution in [3.8, 4) is 0 Å². The average Bonchev–Trinajstić information content (AvgIpc) is 2.29. The van der Waals surface area contributed by atoms with Gasteiger partial charge in [0.05, 0.1) is 16.6 Å². The summed E-state index contributed by atoms with van der Waals surface area (Å²) in [5.41, 5.74) is 5.41. The van der Waals surface area contributed by atoms with Crippen molar-refractivity contribution in [2.24, 2.45) is 5.73 Å². The Morgan fingerprint density at radius 2 is 2.06 bits per heavy atom. The third kappa shape index (κ3) is 3.22. The Morgan fingerprint density at radius 1 is 1.44 bits per heavy atom. The summed E-state index contributed by atoms with van der Waals surface area (Å²) in [5.74, 6) is -2.26. The van der Waals surface area contributed by atoms with Gasteiger partial charge in [-0.25, -0.2) is 8.78 Å². The Morgan fingerprint density at radius 3 is 2.56 bits per heavy atom. The molecule has 6 heteroatoms. The van der Waals surface area contributed by atoms with Crippen LogP contribution in [0.2, 0.25) is 0 Å². The van der Waals surface area contributed by atoms with Gasteiger partial charge >= 0.3 is 0 Å². The first-order valence-corrected chi connectivity index (χ1v) is 5.83. The fourth-order valence-electron chi connectivity index (χ4n) is 1.44. The summed E-state index contributed by atoms with van der Waals surface area (Å²) in [6, 6.07) is 1.34. The Labute approximate surface area is 109 Å². The van der Waals surface area contributed by atoms with Crippen molar-refractivity contribution < 1.29 is 13.6 Å². The lowest BCUT2D eigenvalue weighted by Gasteiger charge is -2.15. The molecular weight excluding hydrogens is 258 g/mol. The predicted octanol–water partition coefficient (Wildman–Crippen LogP) is 2.07. The molecule has 0 aliphatic carbocycles. The van der Waals surface area contributed by atoms with Crippen LogP contribution in [0.25, 0.3) is 0 Å². The summed E-state index contributed by atoms with van der Waals surface area (Å²) in [4.78, 5) is 11.9. The molecule has 0 saturated heterocycles. The number of carbonyl (C=O) groups excluding carboxylic acids is 1. The third-order valence-electron chi connectivity index (χ3n) is 2.55. The Balaban J connectivity index is 2.97. The lowest BCUT2D eigenvalue weighted by Crippen LogP contribution is -2.43. The molecule has 1 unspecified atom stereocenters. The SMILES string of the molecule is CCC(NC(=O)c1cc(C)c(F)cc1F)C(N)=S. The van der Waals surface area contributed by atoms with Gasteiger partial charge in [-0.3, -0.25) is 4.79 Å². The van der Waals surface area contributed by atoms with Crippen molar-refractivity contribution in [3.63, 3.8) is 0 Å². The average molecular weight is 272 g/mol. The van der Waals surface area contributed by atoms with Gasteiger partial charge in [0.25, 0.3) is 5.91 Å². The predicted molar refractivity (Wildman–Crippen MR) is 69.4 cm³/mol. The molecule has 0 fully saturated rings. The van der Waals surface area contributed by atoms with Crippen LogP contribution in [-0.4, -0.2) is 16.9 Å². The molecule has 1 aromatic rings. The summed E-state index contributed by atoms with van der Waals surface area (Å²) < 4.78 is 26.5. The van der Waals surface area contributed by atoms with E-state index in [2.05, 4.69) is 5.32 Å². The monoisotopic (exact) mass is 272 g/mol. The van der Waals surface area contributed by atoms with Crippen LogP contribution in [0.4, 0.5) is 8.78 Å². The molecule has 0 heterocycles. The number of rotatable bonds is 4. The van der Waals surface area contributed by atoms with Crippen LogP contribution in [0, 0.1) is 18.6 Å². The third-order valence-corrected chi connectivity index (χ3v) is 2.83. The number of aryl methyl sites for hydroxylation is 1. The maximum Gasteiger partial charge on any atom is 0.254 e. The molecule has 0 bridgehead atoms. The fourth-order valence-corrected chi connectivity index (χ4v) is 1.67. The number of carbonyl (C=O) groups is 1. The second-order valence-electron chi connectivity index (χ2n) is 3.92. The lowest BCUT2D eigenvalue weighted by atomic mass is 10.1. The minimum Gasteiger partial charge on any atom is -0.392 e. The molecule has 1 atom stereocenters. The summed E-state index contributed by atoms with van der Waals surface area (Å²) in [6.07, 6.45) is 0.503. The lowest BCUT2D eigenvalue weighted by molar-refractivity contribution is 0.0942. The molecular formula is C12H14F2N2OS. The first kappa shape index (κ1) is 14.5. The van der Waals surface area contributed by atoms with E-state index >= 15 is 0 Å². The second kappa shape index (κ2) is 5.86. The highest BCUT2D eigenvalue weighted by Crippen LogP contribution is 2.14. The quantitative estimate of drug-likeness (QED) is 0.825. The molecule has 0 aliphatic rings. The van der Waals surface area contributed by atoms with E-state index in [0.717, 1.165) is 6.07 Å². The number of halogens is 2. The van der Waals surface area contributed by atoms with E-state index in [-0.39, 0.29) is 16.1 Å². The Bertz CT molecular complexity index is 491. The summed E-state index contributed by atoms with van der Waals surface area (Å²) in [7, 11) is 0. The topological polar surface area (TPSA) is 55.1 Å². The minimum absolute atomic E-state index is 0.130. The van der Waals surface area contributed by atoms with E-state index in [1.54, 1.807) is 6.92 Å². The van der Waals surface area contributed by atoms with Crippen molar-refractivity contribution in [2.45, 2.75) is 26.3 Å². The molecule has 3 nitrogen and oxygen atoms in total. The Kier molecular flexibility index (Phi) is 4.72. The highest BCUT2D eigenvalue weighted by molar-refractivity contribution is 7.80. The van der Waals surface area contributed by atoms with Gasteiger partial charge in [-0.15, -0.1) is 0 Å². The first-order chi connectivity index (χ1) is 8.36. The van der Waals surface area contributed by atoms with Crippen molar-refractivity contribution in [3.05, 3.63) is 34.9 Å². The summed E-state index contributed by atoms with van der Waals surface area (Å²) in [5, 5.41) is 2.50. The van der Waals surface area contributed by atoms with Crippen LogP contribution in [-0.2, 0) is 0 Å². The van der Waals surface area contributed by atoms with Gasteiger partial charge in [-0.2, -0.15) is 0 Å². The molecule has 3 N–H and O–H groups in total. The summed E-state index contributed by atoms with van der Waals surface area (Å²) in [6.45, 7) is 3.24. The van der Waals surface area contributed by atoms with E-state index in [0.29, 0.717) is 12.5 Å². The standard InChI is InChI=1S/C12H14F2N2OS/c1-3-10(11(15)18)16-12(17)7-4-6(2)8(13)5-9(7)14/h4-5,10H,3H2,1-2H3,(H2,15,18)(H,16,17). The summed E-state index contributed by atoms with van der Waals surface area (Å²) >= 11 is 4.77. The number of thiocarbonyl (C=S) groups is 1. The van der Waals surface area contributed by atoms with Gasteiger partial charge in [-0.05, 0) is 25.0 Å². The smallest absolute Gasteiger partial charge is 0.254 e. The van der Waals surface area contributed by atoms with Gasteiger partial charge in [0.1, 0.15) is 11.6 Å². The van der Waals surface area contributed by atoms with Gasteiger partial charge in [-0.1, -0.05) is 19.1 Å². The second-order valence-corrected chi connectivity index (χ2v) is 4.39. The first-order valence-electron chi connectivity index (χ1n) is 5.42. The number of amides is 1. The normalized spacial score (nSPS) is 12.0. The van der Waals surface area contributed by atoms with Crippen LogP contribution in [0.1, 0.15) is 29.3 Å². The molecule has 0 saturated carbocycles. The zero-order valence-corrected chi connectivity index (χ0v) is 10.9. The highest BCUT2D eigenvalue weighted by Gasteiger charge is 2.18. The minimum atomic E-state index is -0.909. The Hall–Kier alpha value is -1.56. The van der Waals surface area contributed by atoms with Gasteiger partial charge in [0.2, 0.25) is 0 Å². The van der Waals surface area contributed by atoms with Crippen LogP contribution in [0.5, 0.6) is 0 Å². The van der Waals surface area contributed by atoms with E-state index in [1.165, 1.54) is 6.92 Å². The number of hydrogen-bond acceptors (Lipinski definition) is 2. The number of nitrogens with one attached hydrogen (secondary N) is 1. The van der Waals surface area contributed by atoms with Gasteiger partial charge < -0.3 is 11.1 Å². The molecule has 1 aromatic carbocycles. The van der Waals surface area contributed by atoms with E-state index in [4.69, 9.17) is 18.0 Å². The van der Waals surface area contributed by atoms with E-state index in [9.17, 15) is 13.6 Å². The van der Waals surface area contributed by atoms with Crippen LogP contribution in [0.15, 0.2) is 12.1 Å². The van der Waals surface area contributed by atoms with Crippen molar-refractivity contribution in [2.75, 3.05) is 0 Å². The molecule has 0 spiro atoms. The largest absolute Gasteiger partial charge is 0.392 e. The maximum absolute atomic E-state index is 13.5. The van der Waals surface area contributed by atoms with Gasteiger partial charge in [0.15, 0.2) is 0 Å². The molecule has 0 aliphatic heterocycles. The fraction of sp³-hybridized carbons (Fsp3) is 0.333. The zero-order chi connectivity index (χ0) is 13.9. The molecule has 98 valence electrons. The van der Waals surface area contributed by atoms with Crippen LogP contribution < -0.4 is 11.1 Å². The van der Waals surface area contributed by atoms with Crippen LogP contribution >= 0.6 is 12.2 Å². The molecule has 1 amide bonds. The van der Waals surface area contributed by atoms with E-state index in [1.807, 2.05) is 0 Å². The highest BCUT2D eigenvalue weighted by atomic mass is 32.1. The maximum atomic E-state index is 13.5. The van der Waals surface area contributed by atoms with Crippen molar-refractivity contribution in [1.29, 1.82) is 0 Å². The number of hydrogen-bond donors (Lipinski definition) is 2. The molecule has 18 heavy (non-hydrogen) atoms. The molecule has 0 aromatic heterocycles. The van der Waals surface area contributed by atoms with E-state index < -0.39 is 23.6 Å². The molecule has 1 rings (SSSR count). The number of nitrogens with two attached hydrogens (primary N) is 1. The number of benzene rings is 1.